The molecule has 20 heavy (non-hydrogen) atoms. The van der Waals surface area contributed by atoms with Crippen molar-refractivity contribution >= 4 is 0 Å². The summed E-state index contributed by atoms with van der Waals surface area (Å²) in [5, 5.41) is 3.66. The van der Waals surface area contributed by atoms with E-state index in [0.29, 0.717) is 6.04 Å². The summed E-state index contributed by atoms with van der Waals surface area (Å²) in [5.74, 6) is 0. The molecule has 1 aromatic heterocycles. The third kappa shape index (κ3) is 3.80. The quantitative estimate of drug-likeness (QED) is 0.829. The minimum Gasteiger partial charge on any atom is -0.374 e. The Morgan fingerprint density at radius 1 is 1.25 bits per heavy atom. The van der Waals surface area contributed by atoms with Gasteiger partial charge in [0.2, 0.25) is 0 Å². The highest BCUT2D eigenvalue weighted by atomic mass is 16.5. The van der Waals surface area contributed by atoms with Crippen molar-refractivity contribution in [3.8, 4) is 0 Å². The van der Waals surface area contributed by atoms with Crippen molar-refractivity contribution in [3.05, 3.63) is 30.1 Å². The largest absolute Gasteiger partial charge is 0.374 e. The second-order valence-corrected chi connectivity index (χ2v) is 5.69. The molecule has 3 nitrogen and oxygen atoms in total. The maximum Gasteiger partial charge on any atom is 0.0838 e. The molecule has 0 amide bonds. The van der Waals surface area contributed by atoms with E-state index in [4.69, 9.17) is 4.74 Å². The summed E-state index contributed by atoms with van der Waals surface area (Å²) in [5.41, 5.74) is 1.16. The molecule has 1 unspecified atom stereocenters. The molecule has 0 spiro atoms. The van der Waals surface area contributed by atoms with E-state index in [1.165, 1.54) is 32.1 Å². The third-order valence-corrected chi connectivity index (χ3v) is 4.36. The fraction of sp³-hybridized carbons (Fsp3) is 0.706. The molecule has 1 atom stereocenters. The minimum atomic E-state index is 0.000527. The lowest BCUT2D eigenvalue weighted by atomic mass is 9.77. The van der Waals surface area contributed by atoms with Gasteiger partial charge in [-0.05, 0) is 38.4 Å². The van der Waals surface area contributed by atoms with Crippen LogP contribution in [0.1, 0.15) is 51.6 Å². The normalized spacial score (nSPS) is 19.7. The number of hydrogen-bond acceptors (Lipinski definition) is 3. The van der Waals surface area contributed by atoms with E-state index >= 15 is 0 Å². The summed E-state index contributed by atoms with van der Waals surface area (Å²) in [4.78, 5) is 4.49. The standard InChI is InChI=1S/C17H28N2O/c1-3-18-16(14-15-10-6-9-13-19-15)17(20-4-2)11-7-5-8-12-17/h6,9-10,13,16,18H,3-5,7-8,11-12,14H2,1-2H3. The third-order valence-electron chi connectivity index (χ3n) is 4.36. The molecular weight excluding hydrogens is 248 g/mol. The lowest BCUT2D eigenvalue weighted by molar-refractivity contribution is -0.0896. The first kappa shape index (κ1) is 15.5. The first-order chi connectivity index (χ1) is 9.80. The van der Waals surface area contributed by atoms with E-state index in [1.807, 2.05) is 12.3 Å². The molecule has 0 radical (unpaired) electrons. The van der Waals surface area contributed by atoms with E-state index in [2.05, 4.69) is 36.3 Å². The molecule has 0 aromatic carbocycles. The number of rotatable bonds is 7. The Morgan fingerprint density at radius 3 is 2.65 bits per heavy atom. The summed E-state index contributed by atoms with van der Waals surface area (Å²) in [6, 6.07) is 6.53. The van der Waals surface area contributed by atoms with Gasteiger partial charge in [0.05, 0.1) is 5.60 Å². The Bertz CT molecular complexity index is 368. The van der Waals surface area contributed by atoms with Gasteiger partial charge in [-0.15, -0.1) is 0 Å². The Labute approximate surface area is 123 Å². The first-order valence-corrected chi connectivity index (χ1v) is 8.08. The van der Waals surface area contributed by atoms with Crippen LogP contribution in [0.4, 0.5) is 0 Å². The van der Waals surface area contributed by atoms with Gasteiger partial charge in [0.15, 0.2) is 0 Å². The molecule has 1 N–H and O–H groups in total. The maximum absolute atomic E-state index is 6.27. The van der Waals surface area contributed by atoms with Gasteiger partial charge in [-0.3, -0.25) is 4.98 Å². The van der Waals surface area contributed by atoms with Crippen LogP contribution in [0.3, 0.4) is 0 Å². The van der Waals surface area contributed by atoms with Crippen molar-refractivity contribution in [2.75, 3.05) is 13.2 Å². The molecule has 112 valence electrons. The lowest BCUT2D eigenvalue weighted by Gasteiger charge is -2.43. The first-order valence-electron chi connectivity index (χ1n) is 8.08. The van der Waals surface area contributed by atoms with Crippen LogP contribution in [-0.2, 0) is 11.2 Å². The van der Waals surface area contributed by atoms with Gasteiger partial charge in [-0.2, -0.15) is 0 Å². The zero-order valence-corrected chi connectivity index (χ0v) is 12.9. The Balaban J connectivity index is 2.15. The van der Waals surface area contributed by atoms with Crippen LogP contribution in [0.2, 0.25) is 0 Å². The second kappa shape index (κ2) is 7.75. The van der Waals surface area contributed by atoms with Gasteiger partial charge in [0.1, 0.15) is 0 Å². The Kier molecular flexibility index (Phi) is 5.99. The fourth-order valence-electron chi connectivity index (χ4n) is 3.45. The highest BCUT2D eigenvalue weighted by Crippen LogP contribution is 2.35. The van der Waals surface area contributed by atoms with Crippen molar-refractivity contribution < 1.29 is 4.74 Å². The summed E-state index contributed by atoms with van der Waals surface area (Å²) in [6.45, 7) is 6.06. The van der Waals surface area contributed by atoms with Crippen LogP contribution in [-0.4, -0.2) is 29.8 Å². The van der Waals surface area contributed by atoms with E-state index in [1.54, 1.807) is 0 Å². The number of likely N-dealkylation sites (N-methyl/N-ethyl adjacent to an activating group) is 1. The van der Waals surface area contributed by atoms with Crippen molar-refractivity contribution in [2.24, 2.45) is 0 Å². The SMILES string of the molecule is CCNC(Cc1ccccn1)C1(OCC)CCCCC1. The van der Waals surface area contributed by atoms with E-state index in [0.717, 1.165) is 25.3 Å². The highest BCUT2D eigenvalue weighted by molar-refractivity contribution is 5.09. The van der Waals surface area contributed by atoms with Crippen LogP contribution in [0.5, 0.6) is 0 Å². The number of aromatic nitrogens is 1. The molecule has 1 aliphatic carbocycles. The van der Waals surface area contributed by atoms with Crippen LogP contribution in [0.25, 0.3) is 0 Å². The van der Waals surface area contributed by atoms with Crippen molar-refractivity contribution in [2.45, 2.75) is 64.0 Å². The van der Waals surface area contributed by atoms with Gasteiger partial charge in [0.25, 0.3) is 0 Å². The average Bonchev–Trinajstić information content (AvgIpc) is 2.49. The van der Waals surface area contributed by atoms with E-state index < -0.39 is 0 Å². The topological polar surface area (TPSA) is 34.2 Å². The number of ether oxygens (including phenoxy) is 1. The number of pyridine rings is 1. The second-order valence-electron chi connectivity index (χ2n) is 5.69. The molecular formula is C17H28N2O. The molecule has 1 fully saturated rings. The van der Waals surface area contributed by atoms with Crippen molar-refractivity contribution in [1.82, 2.24) is 10.3 Å². The summed E-state index contributed by atoms with van der Waals surface area (Å²) in [7, 11) is 0. The van der Waals surface area contributed by atoms with Crippen LogP contribution in [0, 0.1) is 0 Å². The molecule has 2 rings (SSSR count). The Morgan fingerprint density at radius 2 is 2.05 bits per heavy atom. The Hall–Kier alpha value is -0.930. The molecule has 0 bridgehead atoms. The monoisotopic (exact) mass is 276 g/mol. The summed E-state index contributed by atoms with van der Waals surface area (Å²) in [6.07, 6.45) is 9.09. The van der Waals surface area contributed by atoms with Crippen molar-refractivity contribution in [3.63, 3.8) is 0 Å². The zero-order chi connectivity index (χ0) is 14.3. The van der Waals surface area contributed by atoms with E-state index in [9.17, 15) is 0 Å². The zero-order valence-electron chi connectivity index (χ0n) is 12.9. The van der Waals surface area contributed by atoms with Crippen LogP contribution >= 0.6 is 0 Å². The fourth-order valence-corrected chi connectivity index (χ4v) is 3.45. The number of nitrogens with zero attached hydrogens (tertiary/aromatic N) is 1. The summed E-state index contributed by atoms with van der Waals surface area (Å²) < 4.78 is 6.27. The van der Waals surface area contributed by atoms with Crippen molar-refractivity contribution in [1.29, 1.82) is 0 Å². The number of hydrogen-bond donors (Lipinski definition) is 1. The lowest BCUT2D eigenvalue weighted by Crippen LogP contribution is -2.55. The predicted molar refractivity (Wildman–Crippen MR) is 82.8 cm³/mol. The molecule has 1 heterocycles. The average molecular weight is 276 g/mol. The molecule has 3 heteroatoms. The molecule has 0 aliphatic heterocycles. The predicted octanol–water partition coefficient (Wildman–Crippen LogP) is 3.34. The summed E-state index contributed by atoms with van der Waals surface area (Å²) >= 11 is 0. The minimum absolute atomic E-state index is 0.000527. The smallest absolute Gasteiger partial charge is 0.0838 e. The van der Waals surface area contributed by atoms with Gasteiger partial charge in [-0.25, -0.2) is 0 Å². The maximum atomic E-state index is 6.27. The van der Waals surface area contributed by atoms with Gasteiger partial charge in [-0.1, -0.05) is 32.3 Å². The molecule has 1 aromatic rings. The highest BCUT2D eigenvalue weighted by Gasteiger charge is 2.40. The van der Waals surface area contributed by atoms with E-state index in [-0.39, 0.29) is 5.60 Å². The van der Waals surface area contributed by atoms with Gasteiger partial charge >= 0.3 is 0 Å². The number of nitrogens with one attached hydrogen (secondary N) is 1. The van der Waals surface area contributed by atoms with Crippen LogP contribution < -0.4 is 5.32 Å². The van der Waals surface area contributed by atoms with Gasteiger partial charge in [0, 0.05) is 31.0 Å². The molecule has 0 saturated heterocycles. The van der Waals surface area contributed by atoms with Crippen LogP contribution in [0.15, 0.2) is 24.4 Å². The molecule has 1 aliphatic rings. The van der Waals surface area contributed by atoms with Gasteiger partial charge < -0.3 is 10.1 Å². The molecule has 1 saturated carbocycles.